The topological polar surface area (TPSA) is 105 Å². The molecular weight excluding hydrogens is 636 g/mol. The molecule has 2 N–H and O–H groups in total. The van der Waals surface area contributed by atoms with E-state index in [1.807, 2.05) is 40.3 Å². The van der Waals surface area contributed by atoms with Gasteiger partial charge in [-0.2, -0.15) is 0 Å². The summed E-state index contributed by atoms with van der Waals surface area (Å²) >= 11 is 11.1. The molecule has 0 fully saturated rings. The number of carbonyl (C=O) groups excluding carboxylic acids is 1. The Morgan fingerprint density at radius 1 is 1.21 bits per heavy atom. The zero-order chi connectivity index (χ0) is 30.1. The van der Waals surface area contributed by atoms with Crippen molar-refractivity contribution in [2.45, 2.75) is 45.8 Å². The number of rotatable bonds is 13. The van der Waals surface area contributed by atoms with Gasteiger partial charge < -0.3 is 20.1 Å². The number of nitro benzene ring substituents is 1. The van der Waals surface area contributed by atoms with Gasteiger partial charge in [-0.3, -0.25) is 14.9 Å². The molecule has 0 aliphatic heterocycles. The summed E-state index contributed by atoms with van der Waals surface area (Å²) in [5.74, 6) is 0.103. The third-order valence-corrected chi connectivity index (χ3v) is 8.74. The molecule has 2 aromatic carbocycles. The number of carbonyl (C=O) groups is 1. The summed E-state index contributed by atoms with van der Waals surface area (Å²) in [5.41, 5.74) is 2.57. The highest BCUT2D eigenvalue weighted by Crippen LogP contribution is 2.20. The number of amides is 1. The average molecular weight is 670 g/mol. The molecular formula is C30H33BrN6O3S2. The van der Waals surface area contributed by atoms with Crippen LogP contribution in [0.4, 0.5) is 11.4 Å². The second-order valence-electron chi connectivity index (χ2n) is 10.1. The molecule has 1 amide bonds. The lowest BCUT2D eigenvalue weighted by atomic mass is 9.98. The Morgan fingerprint density at radius 3 is 2.67 bits per heavy atom. The van der Waals surface area contributed by atoms with Crippen molar-refractivity contribution in [1.82, 2.24) is 19.8 Å². The van der Waals surface area contributed by atoms with Gasteiger partial charge in [-0.25, -0.2) is 4.98 Å². The molecule has 42 heavy (non-hydrogen) atoms. The van der Waals surface area contributed by atoms with Crippen LogP contribution in [0.25, 0.3) is 0 Å². The van der Waals surface area contributed by atoms with Gasteiger partial charge >= 0.3 is 0 Å². The van der Waals surface area contributed by atoms with Crippen LogP contribution in [0.5, 0.6) is 0 Å². The number of nitrogens with one attached hydrogen (secondary N) is 2. The number of thiocarbonyl (C=S) groups is 1. The van der Waals surface area contributed by atoms with Gasteiger partial charge in [0.2, 0.25) is 5.91 Å². The number of hydrogen-bond acceptors (Lipinski definition) is 6. The van der Waals surface area contributed by atoms with Crippen LogP contribution in [0.15, 0.2) is 83.0 Å². The summed E-state index contributed by atoms with van der Waals surface area (Å²) in [5, 5.41) is 20.2. The van der Waals surface area contributed by atoms with E-state index in [-0.39, 0.29) is 30.0 Å². The molecule has 220 valence electrons. The summed E-state index contributed by atoms with van der Waals surface area (Å²) in [6.45, 7) is 5.88. The first kappa shape index (κ1) is 31.3. The molecule has 2 atom stereocenters. The SMILES string of the molecule is CC[C@H](C)[C@@H](CN(Cc1cccs1)C(=S)Nc1cccc(Br)c1)NC(=O)Cc1cncn1Cc1ccc([N+](=O)[O-])cc1. The van der Waals surface area contributed by atoms with Crippen molar-refractivity contribution < 1.29 is 9.72 Å². The number of imidazole rings is 1. The predicted octanol–water partition coefficient (Wildman–Crippen LogP) is 6.64. The van der Waals surface area contributed by atoms with Gasteiger partial charge in [-0.05, 0) is 53.3 Å². The Balaban J connectivity index is 1.45. The molecule has 9 nitrogen and oxygen atoms in total. The molecule has 4 aromatic rings. The summed E-state index contributed by atoms with van der Waals surface area (Å²) in [6, 6.07) is 18.2. The normalized spacial score (nSPS) is 12.4. The van der Waals surface area contributed by atoms with Crippen LogP contribution in [0.2, 0.25) is 0 Å². The Kier molecular flexibility index (Phi) is 11.2. The fourth-order valence-electron chi connectivity index (χ4n) is 4.45. The molecule has 12 heteroatoms. The van der Waals surface area contributed by atoms with Gasteiger partial charge in [0.05, 0.1) is 24.2 Å². The molecule has 0 bridgehead atoms. The molecule has 4 rings (SSSR count). The number of benzene rings is 2. The lowest BCUT2D eigenvalue weighted by Crippen LogP contribution is -2.49. The Morgan fingerprint density at radius 2 is 2.00 bits per heavy atom. The minimum absolute atomic E-state index is 0.0412. The van der Waals surface area contributed by atoms with E-state index in [2.05, 4.69) is 56.4 Å². The zero-order valence-electron chi connectivity index (χ0n) is 23.4. The van der Waals surface area contributed by atoms with Crippen LogP contribution in [0.3, 0.4) is 0 Å². The van der Waals surface area contributed by atoms with Crippen molar-refractivity contribution in [3.8, 4) is 0 Å². The Bertz CT molecular complexity index is 1490. The minimum atomic E-state index is -0.421. The van der Waals surface area contributed by atoms with Gasteiger partial charge in [0.15, 0.2) is 5.11 Å². The van der Waals surface area contributed by atoms with E-state index in [0.717, 1.165) is 27.8 Å². The average Bonchev–Trinajstić information content (AvgIpc) is 3.64. The first-order chi connectivity index (χ1) is 20.2. The van der Waals surface area contributed by atoms with E-state index in [1.54, 1.807) is 36.0 Å². The Hall–Kier alpha value is -3.61. The first-order valence-electron chi connectivity index (χ1n) is 13.6. The fourth-order valence-corrected chi connectivity index (χ4v) is 5.82. The van der Waals surface area contributed by atoms with Crippen molar-refractivity contribution in [2.24, 2.45) is 5.92 Å². The maximum atomic E-state index is 13.4. The minimum Gasteiger partial charge on any atom is -0.351 e. The lowest BCUT2D eigenvalue weighted by Gasteiger charge is -2.33. The smallest absolute Gasteiger partial charge is 0.269 e. The number of halogens is 1. The highest BCUT2D eigenvalue weighted by atomic mass is 79.9. The number of non-ortho nitro benzene ring substituents is 1. The standard InChI is InChI=1S/C30H33BrN6O3S2/c1-3-21(2)28(19-35(18-27-8-5-13-42-27)30(41)33-24-7-4-6-23(31)14-24)34-29(38)15-26-16-32-20-36(26)17-22-9-11-25(12-10-22)37(39)40/h4-14,16,20-21,28H,3,15,17-19H2,1-2H3,(H,33,41)(H,34,38)/t21-,28+/m0/s1. The number of hydrogen-bond donors (Lipinski definition) is 2. The molecule has 0 spiro atoms. The van der Waals surface area contributed by atoms with Gasteiger partial charge in [0.1, 0.15) is 0 Å². The van der Waals surface area contributed by atoms with Gasteiger partial charge in [-0.15, -0.1) is 11.3 Å². The molecule has 2 heterocycles. The van der Waals surface area contributed by atoms with Crippen LogP contribution in [0.1, 0.15) is 36.4 Å². The molecule has 0 saturated carbocycles. The summed E-state index contributed by atoms with van der Waals surface area (Å²) in [7, 11) is 0. The molecule has 0 unspecified atom stereocenters. The van der Waals surface area contributed by atoms with Crippen LogP contribution in [-0.4, -0.2) is 43.0 Å². The van der Waals surface area contributed by atoms with Crippen molar-refractivity contribution in [3.63, 3.8) is 0 Å². The van der Waals surface area contributed by atoms with Crippen molar-refractivity contribution in [1.29, 1.82) is 0 Å². The van der Waals surface area contributed by atoms with Crippen LogP contribution in [-0.2, 0) is 24.3 Å². The first-order valence-corrected chi connectivity index (χ1v) is 15.7. The van der Waals surface area contributed by atoms with E-state index in [1.165, 1.54) is 17.0 Å². The van der Waals surface area contributed by atoms with E-state index in [4.69, 9.17) is 12.2 Å². The van der Waals surface area contributed by atoms with Gasteiger partial charge in [0, 0.05) is 58.2 Å². The molecule has 0 aliphatic carbocycles. The number of thiophene rings is 1. The van der Waals surface area contributed by atoms with Crippen molar-refractivity contribution in [2.75, 3.05) is 11.9 Å². The summed E-state index contributed by atoms with van der Waals surface area (Å²) in [6.07, 6.45) is 4.40. The number of anilines is 1. The lowest BCUT2D eigenvalue weighted by molar-refractivity contribution is -0.384. The van der Waals surface area contributed by atoms with Crippen LogP contribution in [0, 0.1) is 16.0 Å². The fraction of sp³-hybridized carbons (Fsp3) is 0.300. The van der Waals surface area contributed by atoms with Gasteiger partial charge in [0.25, 0.3) is 5.69 Å². The van der Waals surface area contributed by atoms with E-state index in [9.17, 15) is 14.9 Å². The van der Waals surface area contributed by atoms with Gasteiger partial charge in [-0.1, -0.05) is 60.5 Å². The second-order valence-corrected chi connectivity index (χ2v) is 12.4. The monoisotopic (exact) mass is 668 g/mol. The molecule has 0 radical (unpaired) electrons. The highest BCUT2D eigenvalue weighted by molar-refractivity contribution is 9.10. The number of aromatic nitrogens is 2. The number of nitrogens with zero attached hydrogens (tertiary/aromatic N) is 4. The molecule has 0 aliphatic rings. The molecule has 0 saturated heterocycles. The predicted molar refractivity (Wildman–Crippen MR) is 175 cm³/mol. The van der Waals surface area contributed by atoms with Crippen LogP contribution < -0.4 is 10.6 Å². The van der Waals surface area contributed by atoms with E-state index in [0.29, 0.717) is 24.7 Å². The molecule has 2 aromatic heterocycles. The largest absolute Gasteiger partial charge is 0.351 e. The maximum absolute atomic E-state index is 13.4. The van der Waals surface area contributed by atoms with Crippen LogP contribution >= 0.6 is 39.5 Å². The van der Waals surface area contributed by atoms with E-state index >= 15 is 0 Å². The third-order valence-electron chi connectivity index (χ3n) is 7.02. The maximum Gasteiger partial charge on any atom is 0.269 e. The highest BCUT2D eigenvalue weighted by Gasteiger charge is 2.24. The Labute approximate surface area is 263 Å². The quantitative estimate of drug-likeness (QED) is 0.0935. The van der Waals surface area contributed by atoms with E-state index < -0.39 is 4.92 Å². The van der Waals surface area contributed by atoms with Crippen molar-refractivity contribution >= 4 is 61.9 Å². The summed E-state index contributed by atoms with van der Waals surface area (Å²) < 4.78 is 2.84. The van der Waals surface area contributed by atoms with Crippen molar-refractivity contribution in [3.05, 3.63) is 109 Å². The second kappa shape index (κ2) is 15.0. The summed E-state index contributed by atoms with van der Waals surface area (Å²) in [4.78, 5) is 31.4. The number of nitro groups is 1. The third kappa shape index (κ3) is 8.94. The zero-order valence-corrected chi connectivity index (χ0v) is 26.6.